The number of nitrogens with one attached hydrogen (secondary N) is 1. The lowest BCUT2D eigenvalue weighted by atomic mass is 10.1. The zero-order valence-electron chi connectivity index (χ0n) is 21.6. The van der Waals surface area contributed by atoms with Gasteiger partial charge in [0.25, 0.3) is 11.1 Å². The lowest BCUT2D eigenvalue weighted by Crippen LogP contribution is -2.24. The fraction of sp³-hybridized carbons (Fsp3) is 0.320. The molecule has 0 fully saturated rings. The largest absolute Gasteiger partial charge is 0.423 e. The number of ether oxygens (including phenoxy) is 1. The molecule has 232 valence electrons. The number of hydrogen-bond acceptors (Lipinski definition) is 7. The molecular weight excluding hydrogens is 603 g/mol. The number of fused-ring (bicyclic) bond motifs is 1. The number of nitrogens with zero attached hydrogens (tertiary/aromatic N) is 4. The van der Waals surface area contributed by atoms with Crippen LogP contribution in [-0.4, -0.2) is 38.0 Å². The molecule has 9 nitrogen and oxygen atoms in total. The van der Waals surface area contributed by atoms with Gasteiger partial charge in [0.05, 0.1) is 40.7 Å². The number of nitrogens with two attached hydrogens (primary N) is 1. The molecule has 0 spiro atoms. The Morgan fingerprint density at radius 1 is 0.977 bits per heavy atom. The third-order valence-electron chi connectivity index (χ3n) is 5.70. The summed E-state index contributed by atoms with van der Waals surface area (Å²) in [6, 6.07) is 4.26. The summed E-state index contributed by atoms with van der Waals surface area (Å²) in [6.07, 6.45) is -5.01. The first-order valence-corrected chi connectivity index (χ1v) is 12.1. The van der Waals surface area contributed by atoms with Crippen molar-refractivity contribution in [1.29, 1.82) is 0 Å². The minimum Gasteiger partial charge on any atom is -0.397 e. The number of unbranched alkanes of at least 4 members (excludes halogenated alkanes) is 2. The Hall–Kier alpha value is -4.48. The molecule has 0 aliphatic heterocycles. The van der Waals surface area contributed by atoms with Crippen molar-refractivity contribution in [1.82, 2.24) is 24.7 Å². The predicted molar refractivity (Wildman–Crippen MR) is 134 cm³/mol. The van der Waals surface area contributed by atoms with Crippen LogP contribution in [0.2, 0.25) is 0 Å². The molecule has 3 N–H and O–H groups in total. The van der Waals surface area contributed by atoms with Gasteiger partial charge >= 0.3 is 19.0 Å². The van der Waals surface area contributed by atoms with Crippen LogP contribution in [0, 0.1) is 5.82 Å². The van der Waals surface area contributed by atoms with Crippen molar-refractivity contribution in [2.45, 2.75) is 44.8 Å². The average Bonchev–Trinajstić information content (AvgIpc) is 2.91. The van der Waals surface area contributed by atoms with Gasteiger partial charge in [-0.15, -0.1) is 0 Å². The third kappa shape index (κ3) is 8.76. The van der Waals surface area contributed by atoms with Crippen LogP contribution in [0.1, 0.15) is 30.4 Å². The average molecular weight is 624 g/mol. The minimum atomic E-state index is -4.74. The van der Waals surface area contributed by atoms with Gasteiger partial charge < -0.3 is 15.0 Å². The fourth-order valence-electron chi connectivity index (χ4n) is 3.68. The van der Waals surface area contributed by atoms with Gasteiger partial charge in [-0.25, -0.2) is 14.5 Å². The number of pyridine rings is 3. The van der Waals surface area contributed by atoms with E-state index in [1.165, 1.54) is 16.8 Å². The van der Waals surface area contributed by atoms with Crippen LogP contribution in [-0.2, 0) is 23.6 Å². The predicted octanol–water partition coefficient (Wildman–Crippen LogP) is 5.40. The first-order valence-electron chi connectivity index (χ1n) is 12.1. The van der Waals surface area contributed by atoms with Gasteiger partial charge in [0, 0.05) is 18.9 Å². The Morgan fingerprint density at radius 3 is 2.26 bits per heavy atom. The number of hydrogen-bond donors (Lipinski definition) is 2. The van der Waals surface area contributed by atoms with E-state index >= 15 is 0 Å². The summed E-state index contributed by atoms with van der Waals surface area (Å²) in [4.78, 5) is 30.8. The molecule has 0 bridgehead atoms. The van der Waals surface area contributed by atoms with Gasteiger partial charge in [0.1, 0.15) is 11.3 Å². The van der Waals surface area contributed by atoms with E-state index in [9.17, 15) is 49.1 Å². The highest BCUT2D eigenvalue weighted by Gasteiger charge is 2.36. The Bertz CT molecular complexity index is 1650. The van der Waals surface area contributed by atoms with Crippen LogP contribution in [0.3, 0.4) is 0 Å². The number of aromatic nitrogens is 5. The van der Waals surface area contributed by atoms with E-state index in [0.29, 0.717) is 32.0 Å². The maximum Gasteiger partial charge on any atom is 0.423 e. The molecule has 0 saturated carbocycles. The summed E-state index contributed by atoms with van der Waals surface area (Å²) in [7, 11) is 0. The van der Waals surface area contributed by atoms with Crippen LogP contribution < -0.4 is 16.9 Å². The molecule has 43 heavy (non-hydrogen) atoms. The minimum absolute atomic E-state index is 0.0108. The number of rotatable bonds is 8. The van der Waals surface area contributed by atoms with Crippen LogP contribution in [0.15, 0.2) is 52.4 Å². The van der Waals surface area contributed by atoms with Crippen molar-refractivity contribution < 1.29 is 44.3 Å². The number of aryl methyl sites for hydroxylation is 1. The third-order valence-corrected chi connectivity index (χ3v) is 5.70. The highest BCUT2D eigenvalue weighted by Crippen LogP contribution is 2.31. The number of H-pyrrole nitrogens is 1. The molecular formula is C25H21F9N6O3. The van der Waals surface area contributed by atoms with Crippen molar-refractivity contribution >= 4 is 16.6 Å². The molecule has 0 atom stereocenters. The number of aromatic amines is 1. The zero-order chi connectivity index (χ0) is 31.9. The highest BCUT2D eigenvalue weighted by atomic mass is 19.4. The first-order chi connectivity index (χ1) is 20.1. The summed E-state index contributed by atoms with van der Waals surface area (Å²) in [5, 5.41) is 4.75. The molecule has 4 aromatic heterocycles. The molecule has 18 heteroatoms. The standard InChI is InChI=1S/C20H17F6N3O2.C5H4F3N3O/c21-14-10-13-15(28-17(14)16-5-4-12(11-27-16)20(24,25)26)6-8-29(18(13)30)7-2-1-3-9-31-19(22)23;6-5(7,8)3-2(9)1-10-11-4(3)12/h4-6,8,10-11,19H,1-3,7,9H2;1H,(H3,9,11,12). The number of alkyl halides is 8. The molecule has 4 heterocycles. The lowest BCUT2D eigenvalue weighted by Gasteiger charge is -2.10. The summed E-state index contributed by atoms with van der Waals surface area (Å²) >= 11 is 0. The molecule has 0 unspecified atom stereocenters. The Balaban J connectivity index is 0.000000353. The topological polar surface area (TPSA) is 129 Å². The molecule has 0 aliphatic carbocycles. The van der Waals surface area contributed by atoms with Crippen molar-refractivity contribution in [2.24, 2.45) is 0 Å². The van der Waals surface area contributed by atoms with Gasteiger partial charge in [-0.1, -0.05) is 0 Å². The van der Waals surface area contributed by atoms with E-state index in [4.69, 9.17) is 5.73 Å². The second-order valence-electron chi connectivity index (χ2n) is 8.72. The number of halogens is 9. The normalized spacial score (nSPS) is 12.0. The smallest absolute Gasteiger partial charge is 0.397 e. The maximum atomic E-state index is 14.6. The van der Waals surface area contributed by atoms with E-state index in [0.717, 1.165) is 24.4 Å². The molecule has 4 rings (SSSR count). The van der Waals surface area contributed by atoms with Crippen LogP contribution in [0.4, 0.5) is 45.2 Å². The highest BCUT2D eigenvalue weighted by molar-refractivity contribution is 5.80. The quantitative estimate of drug-likeness (QED) is 0.199. The van der Waals surface area contributed by atoms with Crippen molar-refractivity contribution in [3.8, 4) is 11.4 Å². The van der Waals surface area contributed by atoms with E-state index in [-0.39, 0.29) is 28.9 Å². The van der Waals surface area contributed by atoms with Gasteiger partial charge in [0.15, 0.2) is 5.82 Å². The Labute approximate surface area is 235 Å². The molecule has 0 radical (unpaired) electrons. The van der Waals surface area contributed by atoms with E-state index in [1.54, 1.807) is 5.10 Å². The number of anilines is 1. The summed E-state index contributed by atoms with van der Waals surface area (Å²) in [5.74, 6) is -0.890. The fourth-order valence-corrected chi connectivity index (χ4v) is 3.68. The number of nitrogen functional groups attached to an aromatic ring is 1. The van der Waals surface area contributed by atoms with Gasteiger partial charge in [-0.2, -0.15) is 40.2 Å². The second-order valence-corrected chi connectivity index (χ2v) is 8.72. The lowest BCUT2D eigenvalue weighted by molar-refractivity contribution is -0.138. The molecule has 0 aromatic carbocycles. The van der Waals surface area contributed by atoms with Gasteiger partial charge in [0.2, 0.25) is 0 Å². The molecule has 4 aromatic rings. The first kappa shape index (κ1) is 33.0. The van der Waals surface area contributed by atoms with Crippen LogP contribution >= 0.6 is 0 Å². The van der Waals surface area contributed by atoms with E-state index in [2.05, 4.69) is 19.8 Å². The van der Waals surface area contributed by atoms with Crippen molar-refractivity contribution in [3.05, 3.63) is 80.5 Å². The monoisotopic (exact) mass is 624 g/mol. The van der Waals surface area contributed by atoms with Crippen LogP contribution in [0.25, 0.3) is 22.3 Å². The summed E-state index contributed by atoms with van der Waals surface area (Å²) in [6.45, 7) is -2.60. The molecule has 0 aliphatic rings. The van der Waals surface area contributed by atoms with Gasteiger partial charge in [-0.05, 0) is 43.5 Å². The Morgan fingerprint density at radius 2 is 1.70 bits per heavy atom. The van der Waals surface area contributed by atoms with Crippen molar-refractivity contribution in [2.75, 3.05) is 12.3 Å². The van der Waals surface area contributed by atoms with Gasteiger partial charge in [-0.3, -0.25) is 14.6 Å². The van der Waals surface area contributed by atoms with E-state index in [1.807, 2.05) is 0 Å². The zero-order valence-corrected chi connectivity index (χ0v) is 21.6. The van der Waals surface area contributed by atoms with Crippen molar-refractivity contribution in [3.63, 3.8) is 0 Å². The van der Waals surface area contributed by atoms with E-state index < -0.39 is 52.7 Å². The maximum absolute atomic E-state index is 14.6. The van der Waals surface area contributed by atoms with Crippen LogP contribution in [0.5, 0.6) is 0 Å². The SMILES string of the molecule is Nc1cn[nH]c(=O)c1C(F)(F)F.O=c1c2cc(F)c(-c3ccc(C(F)(F)F)cn3)nc2ccn1CCCCCOC(F)F. The molecule has 0 amide bonds. The molecule has 0 saturated heterocycles. The summed E-state index contributed by atoms with van der Waals surface area (Å²) in [5.41, 5.74) is -0.154. The summed E-state index contributed by atoms with van der Waals surface area (Å²) < 4.78 is 118. The second kappa shape index (κ2) is 13.7. The Kier molecular flexibility index (Phi) is 10.5.